The summed E-state index contributed by atoms with van der Waals surface area (Å²) in [6.07, 6.45) is 4.24. The first-order valence-corrected chi connectivity index (χ1v) is 6.37. The van der Waals surface area contributed by atoms with Crippen LogP contribution in [0.4, 0.5) is 0 Å². The predicted molar refractivity (Wildman–Crippen MR) is 62.2 cm³/mol. The van der Waals surface area contributed by atoms with Crippen LogP contribution in [0.15, 0.2) is 0 Å². The summed E-state index contributed by atoms with van der Waals surface area (Å²) in [6, 6.07) is 0.461. The molecule has 1 aliphatic heterocycles. The van der Waals surface area contributed by atoms with Crippen LogP contribution in [0.1, 0.15) is 32.6 Å². The van der Waals surface area contributed by atoms with Gasteiger partial charge >= 0.3 is 0 Å². The Balaban J connectivity index is 1.57. The third kappa shape index (κ3) is 3.76. The highest BCUT2D eigenvalue weighted by atomic mass is 16.5. The first-order chi connectivity index (χ1) is 7.75. The van der Waals surface area contributed by atoms with Gasteiger partial charge in [-0.3, -0.25) is 4.79 Å². The first kappa shape index (κ1) is 11.9. The average molecular weight is 226 g/mol. The van der Waals surface area contributed by atoms with Crippen LogP contribution in [0.25, 0.3) is 0 Å². The second-order valence-electron chi connectivity index (χ2n) is 4.97. The van der Waals surface area contributed by atoms with Crippen molar-refractivity contribution in [3.63, 3.8) is 0 Å². The topological polar surface area (TPSA) is 50.4 Å². The highest BCUT2D eigenvalue weighted by Crippen LogP contribution is 2.19. The molecule has 0 aromatic rings. The fourth-order valence-electron chi connectivity index (χ4n) is 2.01. The van der Waals surface area contributed by atoms with E-state index in [9.17, 15) is 4.79 Å². The van der Waals surface area contributed by atoms with Gasteiger partial charge < -0.3 is 15.4 Å². The summed E-state index contributed by atoms with van der Waals surface area (Å²) < 4.78 is 5.74. The highest BCUT2D eigenvalue weighted by Gasteiger charge is 2.24. The number of nitrogens with one attached hydrogen (secondary N) is 2. The minimum absolute atomic E-state index is 0.138. The smallest absolute Gasteiger partial charge is 0.222 e. The lowest BCUT2D eigenvalue weighted by molar-refractivity contribution is -0.123. The van der Waals surface area contributed by atoms with Crippen LogP contribution in [0.2, 0.25) is 0 Å². The van der Waals surface area contributed by atoms with Crippen LogP contribution in [-0.4, -0.2) is 37.7 Å². The molecule has 0 radical (unpaired) electrons. The van der Waals surface area contributed by atoms with E-state index in [4.69, 9.17) is 4.74 Å². The van der Waals surface area contributed by atoms with Gasteiger partial charge in [0.2, 0.25) is 5.91 Å². The lowest BCUT2D eigenvalue weighted by Gasteiger charge is -2.29. The number of hydrogen-bond acceptors (Lipinski definition) is 3. The molecule has 1 aliphatic carbocycles. The van der Waals surface area contributed by atoms with E-state index in [-0.39, 0.29) is 12.0 Å². The zero-order valence-corrected chi connectivity index (χ0v) is 10.00. The van der Waals surface area contributed by atoms with Crippen molar-refractivity contribution in [3.8, 4) is 0 Å². The number of hydrogen-bond donors (Lipinski definition) is 2. The summed E-state index contributed by atoms with van der Waals surface area (Å²) in [6.45, 7) is 4.78. The Morgan fingerprint density at radius 1 is 1.44 bits per heavy atom. The van der Waals surface area contributed by atoms with Crippen molar-refractivity contribution >= 4 is 5.91 Å². The molecule has 2 atom stereocenters. The van der Waals surface area contributed by atoms with E-state index < -0.39 is 0 Å². The molecule has 2 aliphatic rings. The van der Waals surface area contributed by atoms with Gasteiger partial charge in [-0.25, -0.2) is 0 Å². The van der Waals surface area contributed by atoms with Crippen molar-refractivity contribution in [2.75, 3.05) is 19.7 Å². The molecule has 0 aromatic heterocycles. The molecular formula is C12H22N2O2. The maximum absolute atomic E-state index is 11.4. The van der Waals surface area contributed by atoms with Gasteiger partial charge in [0.1, 0.15) is 0 Å². The largest absolute Gasteiger partial charge is 0.376 e. The van der Waals surface area contributed by atoms with Gasteiger partial charge in [0.25, 0.3) is 0 Å². The van der Waals surface area contributed by atoms with Crippen molar-refractivity contribution in [1.82, 2.24) is 10.6 Å². The van der Waals surface area contributed by atoms with Gasteiger partial charge in [-0.2, -0.15) is 0 Å². The fourth-order valence-corrected chi connectivity index (χ4v) is 2.01. The minimum atomic E-state index is 0.138. The van der Waals surface area contributed by atoms with Crippen molar-refractivity contribution in [1.29, 1.82) is 0 Å². The van der Waals surface area contributed by atoms with Crippen molar-refractivity contribution in [3.05, 3.63) is 0 Å². The molecule has 2 unspecified atom stereocenters. The lowest BCUT2D eigenvalue weighted by atomic mass is 9.97. The molecule has 92 valence electrons. The predicted octanol–water partition coefficient (Wildman–Crippen LogP) is 0.670. The van der Waals surface area contributed by atoms with Crippen LogP contribution in [0.3, 0.4) is 0 Å². The third-order valence-electron chi connectivity index (χ3n) is 3.36. The van der Waals surface area contributed by atoms with E-state index in [0.717, 1.165) is 25.9 Å². The molecule has 2 rings (SSSR count). The molecule has 1 saturated heterocycles. The normalized spacial score (nSPS) is 30.1. The molecule has 16 heavy (non-hydrogen) atoms. The summed E-state index contributed by atoms with van der Waals surface area (Å²) in [4.78, 5) is 11.4. The third-order valence-corrected chi connectivity index (χ3v) is 3.36. The Morgan fingerprint density at radius 3 is 2.94 bits per heavy atom. The van der Waals surface area contributed by atoms with Crippen LogP contribution >= 0.6 is 0 Å². The molecule has 0 aromatic carbocycles. The second kappa shape index (κ2) is 5.64. The number of rotatable bonds is 5. The Morgan fingerprint density at radius 2 is 2.25 bits per heavy atom. The molecule has 1 amide bonds. The molecule has 0 bridgehead atoms. The van der Waals surface area contributed by atoms with Gasteiger partial charge in [-0.1, -0.05) is 6.92 Å². The monoisotopic (exact) mass is 226 g/mol. The number of ether oxygens (including phenoxy) is 1. The lowest BCUT2D eigenvalue weighted by Crippen LogP contribution is -2.41. The van der Waals surface area contributed by atoms with Gasteiger partial charge in [0.15, 0.2) is 0 Å². The van der Waals surface area contributed by atoms with Crippen LogP contribution in [-0.2, 0) is 9.53 Å². The minimum Gasteiger partial charge on any atom is -0.376 e. The number of carbonyl (C=O) groups is 1. The molecule has 0 spiro atoms. The SMILES string of the molecule is CC1CCNCC1OCCC(=O)NC1CC1. The maximum Gasteiger partial charge on any atom is 0.222 e. The fraction of sp³-hybridized carbons (Fsp3) is 0.917. The Hall–Kier alpha value is -0.610. The zero-order valence-electron chi connectivity index (χ0n) is 10.00. The van der Waals surface area contributed by atoms with Gasteiger partial charge in [0, 0.05) is 19.0 Å². The molecule has 1 heterocycles. The van der Waals surface area contributed by atoms with E-state index in [2.05, 4.69) is 17.6 Å². The van der Waals surface area contributed by atoms with Gasteiger partial charge in [-0.15, -0.1) is 0 Å². The van der Waals surface area contributed by atoms with E-state index in [0.29, 0.717) is 25.0 Å². The Labute approximate surface area is 97.1 Å². The molecule has 4 nitrogen and oxygen atoms in total. The van der Waals surface area contributed by atoms with Gasteiger partial charge in [0.05, 0.1) is 12.7 Å². The molecule has 2 N–H and O–H groups in total. The summed E-state index contributed by atoms with van der Waals surface area (Å²) in [5, 5.41) is 6.29. The molecular weight excluding hydrogens is 204 g/mol. The van der Waals surface area contributed by atoms with E-state index in [1.807, 2.05) is 0 Å². The molecule has 4 heteroatoms. The van der Waals surface area contributed by atoms with Crippen LogP contribution in [0.5, 0.6) is 0 Å². The molecule has 2 fully saturated rings. The Bertz CT molecular complexity index is 241. The van der Waals surface area contributed by atoms with Crippen molar-refractivity contribution in [2.24, 2.45) is 5.92 Å². The van der Waals surface area contributed by atoms with E-state index in [1.54, 1.807) is 0 Å². The number of amides is 1. The quantitative estimate of drug-likeness (QED) is 0.724. The number of piperidine rings is 1. The highest BCUT2D eigenvalue weighted by molar-refractivity contribution is 5.76. The summed E-state index contributed by atoms with van der Waals surface area (Å²) >= 11 is 0. The molecule has 1 saturated carbocycles. The summed E-state index contributed by atoms with van der Waals surface area (Å²) in [5.74, 6) is 0.742. The first-order valence-electron chi connectivity index (χ1n) is 6.37. The maximum atomic E-state index is 11.4. The van der Waals surface area contributed by atoms with Crippen LogP contribution in [0, 0.1) is 5.92 Å². The summed E-state index contributed by atoms with van der Waals surface area (Å²) in [5.41, 5.74) is 0. The average Bonchev–Trinajstić information content (AvgIpc) is 3.05. The van der Waals surface area contributed by atoms with E-state index >= 15 is 0 Å². The zero-order chi connectivity index (χ0) is 11.4. The van der Waals surface area contributed by atoms with Crippen molar-refractivity contribution < 1.29 is 9.53 Å². The number of carbonyl (C=O) groups excluding carboxylic acids is 1. The standard InChI is InChI=1S/C12H22N2O2/c1-9-4-6-13-8-11(9)16-7-5-12(15)14-10-2-3-10/h9-11,13H,2-8H2,1H3,(H,14,15). The Kier molecular flexibility index (Phi) is 4.18. The summed E-state index contributed by atoms with van der Waals surface area (Å²) in [7, 11) is 0. The van der Waals surface area contributed by atoms with Crippen molar-refractivity contribution in [2.45, 2.75) is 44.8 Å². The van der Waals surface area contributed by atoms with Gasteiger partial charge in [-0.05, 0) is 31.7 Å². The van der Waals surface area contributed by atoms with E-state index in [1.165, 1.54) is 6.42 Å². The second-order valence-corrected chi connectivity index (χ2v) is 4.97. The van der Waals surface area contributed by atoms with Crippen LogP contribution < -0.4 is 10.6 Å².